The van der Waals surface area contributed by atoms with Gasteiger partial charge in [-0.3, -0.25) is 9.89 Å². The van der Waals surface area contributed by atoms with Gasteiger partial charge in [0.1, 0.15) is 0 Å². The van der Waals surface area contributed by atoms with E-state index < -0.39 is 0 Å². The lowest BCUT2D eigenvalue weighted by Crippen LogP contribution is -2.52. The fraction of sp³-hybridized carbons (Fsp3) is 0.944. The number of guanidine groups is 1. The van der Waals surface area contributed by atoms with Gasteiger partial charge in [-0.15, -0.1) is 0 Å². The Balaban J connectivity index is 1.72. The van der Waals surface area contributed by atoms with Crippen LogP contribution >= 0.6 is 0 Å². The fourth-order valence-electron chi connectivity index (χ4n) is 3.91. The minimum atomic E-state index is 0.501. The second-order valence-corrected chi connectivity index (χ2v) is 7.56. The Bertz CT molecular complexity index is 368. The molecule has 0 bridgehead atoms. The third kappa shape index (κ3) is 5.35. The topological polar surface area (TPSA) is 42.9 Å². The molecule has 1 saturated heterocycles. The lowest BCUT2D eigenvalue weighted by Gasteiger charge is -2.36. The highest BCUT2D eigenvalue weighted by atomic mass is 15.3. The van der Waals surface area contributed by atoms with Gasteiger partial charge in [0.15, 0.2) is 5.96 Å². The van der Waals surface area contributed by atoms with Gasteiger partial charge < -0.3 is 15.5 Å². The third-order valence-corrected chi connectivity index (χ3v) is 5.99. The van der Waals surface area contributed by atoms with Crippen LogP contribution in [-0.4, -0.2) is 75.2 Å². The first-order valence-corrected chi connectivity index (χ1v) is 9.46. The summed E-state index contributed by atoms with van der Waals surface area (Å²) in [5.41, 5.74) is 0.501. The van der Waals surface area contributed by atoms with Crippen molar-refractivity contribution >= 4 is 5.96 Å². The number of nitrogens with zero attached hydrogens (tertiary/aromatic N) is 3. The molecule has 2 N–H and O–H groups in total. The van der Waals surface area contributed by atoms with E-state index in [0.29, 0.717) is 11.5 Å². The molecule has 0 aromatic rings. The second-order valence-electron chi connectivity index (χ2n) is 7.56. The van der Waals surface area contributed by atoms with E-state index in [4.69, 9.17) is 0 Å². The Morgan fingerprint density at radius 2 is 1.78 bits per heavy atom. The summed E-state index contributed by atoms with van der Waals surface area (Å²) < 4.78 is 0. The second kappa shape index (κ2) is 8.88. The molecule has 2 fully saturated rings. The predicted octanol–water partition coefficient (Wildman–Crippen LogP) is 1.76. The lowest BCUT2D eigenvalue weighted by molar-refractivity contribution is 0.120. The SMILES string of the molecule is CCC1(CNC(=NC)NCC(C)N2CCN(C)CC2)CCCC1. The van der Waals surface area contributed by atoms with E-state index in [1.165, 1.54) is 58.3 Å². The Kier molecular flexibility index (Phi) is 7.15. The number of nitrogens with one attached hydrogen (secondary N) is 2. The summed E-state index contributed by atoms with van der Waals surface area (Å²) >= 11 is 0. The molecule has 5 heteroatoms. The molecule has 0 aromatic heterocycles. The summed E-state index contributed by atoms with van der Waals surface area (Å²) in [5.74, 6) is 0.964. The standard InChI is InChI=1S/C18H37N5/c1-5-18(8-6-7-9-18)15-21-17(19-3)20-14-16(2)23-12-10-22(4)11-13-23/h16H,5-15H2,1-4H3,(H2,19,20,21). The maximum absolute atomic E-state index is 4.41. The van der Waals surface area contributed by atoms with Gasteiger partial charge in [0.05, 0.1) is 0 Å². The summed E-state index contributed by atoms with van der Waals surface area (Å²) in [7, 11) is 4.09. The number of likely N-dealkylation sites (N-methyl/N-ethyl adjacent to an activating group) is 1. The lowest BCUT2D eigenvalue weighted by atomic mass is 9.83. The van der Waals surface area contributed by atoms with Crippen LogP contribution < -0.4 is 10.6 Å². The van der Waals surface area contributed by atoms with E-state index in [1.807, 2.05) is 7.05 Å². The maximum Gasteiger partial charge on any atom is 0.191 e. The molecule has 1 aliphatic carbocycles. The van der Waals surface area contributed by atoms with E-state index in [2.05, 4.69) is 46.3 Å². The Hall–Kier alpha value is -0.810. The van der Waals surface area contributed by atoms with Crippen LogP contribution in [0.4, 0.5) is 0 Å². The molecule has 0 amide bonds. The normalized spacial score (nSPS) is 24.6. The molecule has 0 radical (unpaired) electrons. The highest BCUT2D eigenvalue weighted by molar-refractivity contribution is 5.79. The predicted molar refractivity (Wildman–Crippen MR) is 99.1 cm³/mol. The number of hydrogen-bond acceptors (Lipinski definition) is 3. The van der Waals surface area contributed by atoms with Gasteiger partial charge in [-0.05, 0) is 38.6 Å². The van der Waals surface area contributed by atoms with Crippen LogP contribution in [0, 0.1) is 5.41 Å². The van der Waals surface area contributed by atoms with Crippen molar-refractivity contribution in [3.63, 3.8) is 0 Å². The Morgan fingerprint density at radius 3 is 2.35 bits per heavy atom. The van der Waals surface area contributed by atoms with E-state index in [1.54, 1.807) is 0 Å². The molecule has 1 saturated carbocycles. The molecular weight excluding hydrogens is 286 g/mol. The van der Waals surface area contributed by atoms with Gasteiger partial charge in [-0.25, -0.2) is 0 Å². The first-order valence-electron chi connectivity index (χ1n) is 9.46. The van der Waals surface area contributed by atoms with E-state index in [-0.39, 0.29) is 0 Å². The van der Waals surface area contributed by atoms with Gasteiger partial charge in [0.2, 0.25) is 0 Å². The largest absolute Gasteiger partial charge is 0.356 e. The van der Waals surface area contributed by atoms with Crippen LogP contribution in [0.5, 0.6) is 0 Å². The molecule has 1 heterocycles. The summed E-state index contributed by atoms with van der Waals surface area (Å²) in [5, 5.41) is 7.11. The molecule has 5 nitrogen and oxygen atoms in total. The third-order valence-electron chi connectivity index (χ3n) is 5.99. The minimum Gasteiger partial charge on any atom is -0.356 e. The number of aliphatic imine (C=N–C) groups is 1. The summed E-state index contributed by atoms with van der Waals surface area (Å²) in [6.07, 6.45) is 6.79. The van der Waals surface area contributed by atoms with Crippen molar-refractivity contribution < 1.29 is 0 Å². The van der Waals surface area contributed by atoms with Crippen LogP contribution in [0.1, 0.15) is 46.0 Å². The van der Waals surface area contributed by atoms with Crippen molar-refractivity contribution in [3.8, 4) is 0 Å². The average molecular weight is 324 g/mol. The van der Waals surface area contributed by atoms with Gasteiger partial charge in [0.25, 0.3) is 0 Å². The number of hydrogen-bond donors (Lipinski definition) is 2. The van der Waals surface area contributed by atoms with Gasteiger partial charge in [-0.1, -0.05) is 19.8 Å². The first kappa shape index (κ1) is 18.5. The van der Waals surface area contributed by atoms with Gasteiger partial charge >= 0.3 is 0 Å². The average Bonchev–Trinajstić information content (AvgIpc) is 3.05. The minimum absolute atomic E-state index is 0.501. The quantitative estimate of drug-likeness (QED) is 0.577. The highest BCUT2D eigenvalue weighted by Crippen LogP contribution is 2.40. The summed E-state index contributed by atoms with van der Waals surface area (Å²) in [6, 6.07) is 0.550. The molecule has 1 atom stereocenters. The molecule has 23 heavy (non-hydrogen) atoms. The molecule has 1 unspecified atom stereocenters. The van der Waals surface area contributed by atoms with E-state index >= 15 is 0 Å². The monoisotopic (exact) mass is 323 g/mol. The zero-order valence-corrected chi connectivity index (χ0v) is 15.7. The van der Waals surface area contributed by atoms with Gasteiger partial charge in [-0.2, -0.15) is 0 Å². The molecule has 0 aromatic carbocycles. The molecule has 0 spiro atoms. The van der Waals surface area contributed by atoms with E-state index in [9.17, 15) is 0 Å². The number of rotatable bonds is 6. The molecule has 134 valence electrons. The molecular formula is C18H37N5. The fourth-order valence-corrected chi connectivity index (χ4v) is 3.91. The van der Waals surface area contributed by atoms with Crippen LogP contribution in [0.25, 0.3) is 0 Å². The van der Waals surface area contributed by atoms with Crippen LogP contribution in [0.15, 0.2) is 4.99 Å². The summed E-state index contributed by atoms with van der Waals surface area (Å²) in [6.45, 7) is 11.4. The van der Waals surface area contributed by atoms with Crippen molar-refractivity contribution in [2.75, 3.05) is 53.4 Å². The van der Waals surface area contributed by atoms with Gasteiger partial charge in [0, 0.05) is 52.4 Å². The van der Waals surface area contributed by atoms with Crippen LogP contribution in [0.2, 0.25) is 0 Å². The highest BCUT2D eigenvalue weighted by Gasteiger charge is 2.31. The maximum atomic E-state index is 4.41. The van der Waals surface area contributed by atoms with Crippen molar-refractivity contribution in [1.82, 2.24) is 20.4 Å². The zero-order valence-electron chi connectivity index (χ0n) is 15.7. The molecule has 2 aliphatic rings. The number of piperazine rings is 1. The van der Waals surface area contributed by atoms with Crippen LogP contribution in [0.3, 0.4) is 0 Å². The van der Waals surface area contributed by atoms with Crippen molar-refractivity contribution in [2.24, 2.45) is 10.4 Å². The smallest absolute Gasteiger partial charge is 0.191 e. The zero-order chi connectivity index (χ0) is 16.7. The van der Waals surface area contributed by atoms with E-state index in [0.717, 1.165) is 19.0 Å². The molecule has 2 rings (SSSR count). The Morgan fingerprint density at radius 1 is 1.13 bits per heavy atom. The Labute approximate surface area is 142 Å². The van der Waals surface area contributed by atoms with Crippen molar-refractivity contribution in [2.45, 2.75) is 52.0 Å². The molecule has 1 aliphatic heterocycles. The van der Waals surface area contributed by atoms with Crippen molar-refractivity contribution in [3.05, 3.63) is 0 Å². The van der Waals surface area contributed by atoms with Crippen LogP contribution in [-0.2, 0) is 0 Å². The summed E-state index contributed by atoms with van der Waals surface area (Å²) in [4.78, 5) is 9.39. The van der Waals surface area contributed by atoms with Crippen molar-refractivity contribution in [1.29, 1.82) is 0 Å². The first-order chi connectivity index (χ1) is 11.1.